The average molecular weight is 358 g/mol. The molecule has 1 saturated heterocycles. The third-order valence-corrected chi connectivity index (χ3v) is 5.37. The van der Waals surface area contributed by atoms with Crippen LogP contribution in [0.1, 0.15) is 36.7 Å². The van der Waals surface area contributed by atoms with E-state index in [1.165, 1.54) is 12.1 Å². The summed E-state index contributed by atoms with van der Waals surface area (Å²) in [5.41, 5.74) is 3.64. The second-order valence-electron chi connectivity index (χ2n) is 7.55. The summed E-state index contributed by atoms with van der Waals surface area (Å²) in [7, 11) is 0. The number of nitrogens with zero attached hydrogens (tertiary/aromatic N) is 2. The maximum absolute atomic E-state index is 13.1. The SMILES string of the molecule is Cc1nn(-c2ccc(F)cc2)c(C)c1CC(=O)NCC1(C)CCNCC1. The van der Waals surface area contributed by atoms with E-state index >= 15 is 0 Å². The Morgan fingerprint density at radius 1 is 1.27 bits per heavy atom. The molecule has 2 N–H and O–H groups in total. The Bertz CT molecular complexity index is 776. The lowest BCUT2D eigenvalue weighted by Gasteiger charge is -2.34. The summed E-state index contributed by atoms with van der Waals surface area (Å²) in [6, 6.07) is 6.21. The zero-order valence-electron chi connectivity index (χ0n) is 15.7. The number of nitrogens with one attached hydrogen (secondary N) is 2. The van der Waals surface area contributed by atoms with Crippen molar-refractivity contribution in [3.8, 4) is 5.69 Å². The van der Waals surface area contributed by atoms with Gasteiger partial charge in [0, 0.05) is 17.8 Å². The maximum atomic E-state index is 13.1. The van der Waals surface area contributed by atoms with Crippen LogP contribution in [0.2, 0.25) is 0 Å². The van der Waals surface area contributed by atoms with Crippen LogP contribution in [-0.2, 0) is 11.2 Å². The monoisotopic (exact) mass is 358 g/mol. The molecule has 0 saturated carbocycles. The molecule has 1 aliphatic heterocycles. The normalized spacial score (nSPS) is 16.5. The van der Waals surface area contributed by atoms with Crippen LogP contribution in [0.15, 0.2) is 24.3 Å². The standard InChI is InChI=1S/C20H27FN4O/c1-14-18(12-19(26)23-13-20(3)8-10-22-11-9-20)15(2)25(24-14)17-6-4-16(21)5-7-17/h4-7,22H,8-13H2,1-3H3,(H,23,26). The van der Waals surface area contributed by atoms with Crippen LogP contribution in [0.5, 0.6) is 0 Å². The topological polar surface area (TPSA) is 59.0 Å². The molecule has 2 aromatic rings. The fraction of sp³-hybridized carbons (Fsp3) is 0.500. The first-order chi connectivity index (χ1) is 12.4. The second kappa shape index (κ2) is 7.58. The van der Waals surface area contributed by atoms with E-state index in [1.807, 2.05) is 13.8 Å². The number of aromatic nitrogens is 2. The van der Waals surface area contributed by atoms with Gasteiger partial charge in [0.2, 0.25) is 5.91 Å². The largest absolute Gasteiger partial charge is 0.355 e. The molecule has 140 valence electrons. The first-order valence-electron chi connectivity index (χ1n) is 9.16. The van der Waals surface area contributed by atoms with E-state index in [1.54, 1.807) is 16.8 Å². The van der Waals surface area contributed by atoms with Gasteiger partial charge in [0.15, 0.2) is 0 Å². The Hall–Kier alpha value is -2.21. The molecule has 26 heavy (non-hydrogen) atoms. The first kappa shape index (κ1) is 18.6. The van der Waals surface area contributed by atoms with Gasteiger partial charge < -0.3 is 10.6 Å². The highest BCUT2D eigenvalue weighted by atomic mass is 19.1. The average Bonchev–Trinajstić information content (AvgIpc) is 2.90. The van der Waals surface area contributed by atoms with E-state index < -0.39 is 0 Å². The lowest BCUT2D eigenvalue weighted by Crippen LogP contribution is -2.43. The molecule has 1 aliphatic rings. The van der Waals surface area contributed by atoms with Crippen molar-refractivity contribution in [3.63, 3.8) is 0 Å². The van der Waals surface area contributed by atoms with E-state index in [2.05, 4.69) is 22.7 Å². The quantitative estimate of drug-likeness (QED) is 0.864. The number of rotatable bonds is 5. The molecular formula is C20H27FN4O. The van der Waals surface area contributed by atoms with Crippen LogP contribution < -0.4 is 10.6 Å². The molecule has 1 aromatic carbocycles. The fourth-order valence-corrected chi connectivity index (χ4v) is 3.51. The number of piperidine rings is 1. The molecule has 1 fully saturated rings. The molecule has 0 spiro atoms. The van der Waals surface area contributed by atoms with Gasteiger partial charge in [0.05, 0.1) is 17.8 Å². The van der Waals surface area contributed by atoms with Crippen LogP contribution in [0.3, 0.4) is 0 Å². The molecule has 0 aliphatic carbocycles. The molecule has 1 amide bonds. The molecule has 1 aromatic heterocycles. The minimum absolute atomic E-state index is 0.0228. The Balaban J connectivity index is 1.67. The smallest absolute Gasteiger partial charge is 0.224 e. The van der Waals surface area contributed by atoms with Gasteiger partial charge in [-0.15, -0.1) is 0 Å². The summed E-state index contributed by atoms with van der Waals surface area (Å²) >= 11 is 0. The van der Waals surface area contributed by atoms with Crippen molar-refractivity contribution in [3.05, 3.63) is 47.0 Å². The second-order valence-corrected chi connectivity index (χ2v) is 7.55. The van der Waals surface area contributed by atoms with E-state index in [0.717, 1.165) is 48.6 Å². The van der Waals surface area contributed by atoms with Crippen molar-refractivity contribution in [1.82, 2.24) is 20.4 Å². The molecule has 0 atom stereocenters. The molecule has 0 radical (unpaired) electrons. The number of benzene rings is 1. The van der Waals surface area contributed by atoms with E-state index in [0.29, 0.717) is 13.0 Å². The van der Waals surface area contributed by atoms with Gasteiger partial charge in [-0.25, -0.2) is 9.07 Å². The van der Waals surface area contributed by atoms with Crippen LogP contribution in [0.4, 0.5) is 4.39 Å². The number of carbonyl (C=O) groups excluding carboxylic acids is 1. The lowest BCUT2D eigenvalue weighted by atomic mass is 9.81. The molecular weight excluding hydrogens is 331 g/mol. The zero-order valence-corrected chi connectivity index (χ0v) is 15.7. The van der Waals surface area contributed by atoms with Crippen molar-refractivity contribution in [2.75, 3.05) is 19.6 Å². The number of aryl methyl sites for hydroxylation is 1. The van der Waals surface area contributed by atoms with Crippen molar-refractivity contribution in [1.29, 1.82) is 0 Å². The van der Waals surface area contributed by atoms with E-state index in [4.69, 9.17) is 0 Å². The minimum Gasteiger partial charge on any atom is -0.355 e. The van der Waals surface area contributed by atoms with E-state index in [9.17, 15) is 9.18 Å². The Labute approximate surface area is 154 Å². The van der Waals surface area contributed by atoms with Gasteiger partial charge in [0.25, 0.3) is 0 Å². The molecule has 2 heterocycles. The number of hydrogen-bond acceptors (Lipinski definition) is 3. The summed E-state index contributed by atoms with van der Waals surface area (Å²) in [5, 5.41) is 11.0. The number of halogens is 1. The highest BCUT2D eigenvalue weighted by Crippen LogP contribution is 2.26. The first-order valence-corrected chi connectivity index (χ1v) is 9.16. The van der Waals surface area contributed by atoms with Gasteiger partial charge in [-0.05, 0) is 69.5 Å². The van der Waals surface area contributed by atoms with Crippen molar-refractivity contribution in [2.45, 2.75) is 40.0 Å². The van der Waals surface area contributed by atoms with Gasteiger partial charge in [-0.3, -0.25) is 4.79 Å². The fourth-order valence-electron chi connectivity index (χ4n) is 3.51. The van der Waals surface area contributed by atoms with Gasteiger partial charge in [-0.2, -0.15) is 5.10 Å². The molecule has 5 nitrogen and oxygen atoms in total. The lowest BCUT2D eigenvalue weighted by molar-refractivity contribution is -0.121. The predicted molar refractivity (Wildman–Crippen MR) is 99.9 cm³/mol. The third-order valence-electron chi connectivity index (χ3n) is 5.37. The van der Waals surface area contributed by atoms with Crippen molar-refractivity contribution < 1.29 is 9.18 Å². The third kappa shape index (κ3) is 4.12. The summed E-state index contributed by atoms with van der Waals surface area (Å²) in [6.07, 6.45) is 2.47. The highest BCUT2D eigenvalue weighted by Gasteiger charge is 2.27. The Kier molecular flexibility index (Phi) is 5.41. The van der Waals surface area contributed by atoms with E-state index in [-0.39, 0.29) is 17.1 Å². The Morgan fingerprint density at radius 3 is 2.58 bits per heavy atom. The molecule has 3 rings (SSSR count). The molecule has 6 heteroatoms. The number of carbonyl (C=O) groups is 1. The summed E-state index contributed by atoms with van der Waals surface area (Å²) in [4.78, 5) is 12.5. The summed E-state index contributed by atoms with van der Waals surface area (Å²) < 4.78 is 14.9. The molecule has 0 bridgehead atoms. The van der Waals surface area contributed by atoms with Gasteiger partial charge >= 0.3 is 0 Å². The predicted octanol–water partition coefficient (Wildman–Crippen LogP) is 2.68. The summed E-state index contributed by atoms with van der Waals surface area (Å²) in [5.74, 6) is -0.254. The number of amides is 1. The van der Waals surface area contributed by atoms with Crippen molar-refractivity contribution in [2.24, 2.45) is 5.41 Å². The van der Waals surface area contributed by atoms with Crippen LogP contribution in [-0.4, -0.2) is 35.3 Å². The zero-order chi connectivity index (χ0) is 18.7. The van der Waals surface area contributed by atoms with Crippen LogP contribution in [0.25, 0.3) is 5.69 Å². The van der Waals surface area contributed by atoms with Crippen LogP contribution >= 0.6 is 0 Å². The maximum Gasteiger partial charge on any atom is 0.224 e. The minimum atomic E-state index is -0.277. The van der Waals surface area contributed by atoms with Gasteiger partial charge in [0.1, 0.15) is 5.82 Å². The van der Waals surface area contributed by atoms with Crippen molar-refractivity contribution >= 4 is 5.91 Å². The number of hydrogen-bond donors (Lipinski definition) is 2. The van der Waals surface area contributed by atoms with Gasteiger partial charge in [-0.1, -0.05) is 6.92 Å². The molecule has 0 unspecified atom stereocenters. The highest BCUT2D eigenvalue weighted by molar-refractivity contribution is 5.79. The summed E-state index contributed by atoms with van der Waals surface area (Å²) in [6.45, 7) is 8.81. The Morgan fingerprint density at radius 2 is 1.92 bits per heavy atom. The van der Waals surface area contributed by atoms with Crippen LogP contribution in [0, 0.1) is 25.1 Å².